The molecule has 1 fully saturated rings. The van der Waals surface area contributed by atoms with Gasteiger partial charge in [0.2, 0.25) is 5.91 Å². The molecule has 176 valence electrons. The van der Waals surface area contributed by atoms with Gasteiger partial charge in [-0.25, -0.2) is 4.98 Å². The Morgan fingerprint density at radius 2 is 1.88 bits per heavy atom. The van der Waals surface area contributed by atoms with Crippen LogP contribution in [0.1, 0.15) is 28.9 Å². The molecule has 0 radical (unpaired) electrons. The zero-order chi connectivity index (χ0) is 24.1. The third kappa shape index (κ3) is 4.57. The molecule has 0 saturated carbocycles. The maximum atomic E-state index is 13.7. The van der Waals surface area contributed by atoms with E-state index in [9.17, 15) is 9.59 Å². The van der Waals surface area contributed by atoms with Gasteiger partial charge in [-0.15, -0.1) is 0 Å². The molecule has 2 amide bonds. The number of carbonyl (C=O) groups is 2. The minimum Gasteiger partial charge on any atom is -0.497 e. The summed E-state index contributed by atoms with van der Waals surface area (Å²) >= 11 is 0. The number of likely N-dealkylation sites (tertiary alicyclic amines) is 1. The number of nitrogens with zero attached hydrogens (tertiary/aromatic N) is 4. The molecule has 1 aliphatic rings. The smallest absolute Gasteiger partial charge is 0.257 e. The van der Waals surface area contributed by atoms with Crippen LogP contribution in [-0.2, 0) is 10.2 Å². The van der Waals surface area contributed by atoms with E-state index >= 15 is 0 Å². The third-order valence-corrected chi connectivity index (χ3v) is 6.12. The predicted molar refractivity (Wildman–Crippen MR) is 130 cm³/mol. The van der Waals surface area contributed by atoms with Crippen LogP contribution in [-0.4, -0.2) is 65.9 Å². The Kier molecular flexibility index (Phi) is 6.77. The molecule has 0 aliphatic carbocycles. The van der Waals surface area contributed by atoms with E-state index in [1.807, 2.05) is 42.5 Å². The number of carbonyl (C=O) groups excluding carboxylic acids is 2. The zero-order valence-electron chi connectivity index (χ0n) is 19.7. The highest BCUT2D eigenvalue weighted by atomic mass is 16.5. The number of nitrogens with one attached hydrogen (secondary N) is 1. The molecule has 8 heteroatoms. The fourth-order valence-corrected chi connectivity index (χ4v) is 4.48. The van der Waals surface area contributed by atoms with Crippen LogP contribution in [0.3, 0.4) is 0 Å². The summed E-state index contributed by atoms with van der Waals surface area (Å²) in [5.41, 5.74) is 1.00. The number of methoxy groups -OCH3 is 1. The number of anilines is 2. The molecule has 1 saturated heterocycles. The molecule has 1 N–H and O–H groups in total. The Morgan fingerprint density at radius 1 is 1.06 bits per heavy atom. The normalized spacial score (nSPS) is 17.7. The first kappa shape index (κ1) is 23.2. The molecule has 1 aliphatic heterocycles. The molecular formula is C26H29N5O3. The van der Waals surface area contributed by atoms with Crippen molar-refractivity contribution in [3.05, 3.63) is 78.2 Å². The van der Waals surface area contributed by atoms with Crippen molar-refractivity contribution in [2.75, 3.05) is 39.6 Å². The van der Waals surface area contributed by atoms with Crippen LogP contribution >= 0.6 is 0 Å². The van der Waals surface area contributed by atoms with Crippen molar-refractivity contribution >= 4 is 23.3 Å². The summed E-state index contributed by atoms with van der Waals surface area (Å²) in [7, 11) is 5.09. The quantitative estimate of drug-likeness (QED) is 0.607. The van der Waals surface area contributed by atoms with E-state index in [4.69, 9.17) is 4.74 Å². The lowest BCUT2D eigenvalue weighted by molar-refractivity contribution is -0.136. The first-order valence-electron chi connectivity index (χ1n) is 11.2. The highest BCUT2D eigenvalue weighted by Crippen LogP contribution is 2.36. The van der Waals surface area contributed by atoms with Crippen molar-refractivity contribution in [3.63, 3.8) is 0 Å². The molecule has 0 unspecified atom stereocenters. The first-order chi connectivity index (χ1) is 16.4. The highest BCUT2D eigenvalue weighted by molar-refractivity contribution is 6.00. The van der Waals surface area contributed by atoms with Gasteiger partial charge in [-0.05, 0) is 49.2 Å². The molecule has 34 heavy (non-hydrogen) atoms. The summed E-state index contributed by atoms with van der Waals surface area (Å²) in [6, 6.07) is 16.5. The summed E-state index contributed by atoms with van der Waals surface area (Å²) in [5.74, 6) is 0.926. The molecule has 3 aromatic rings. The van der Waals surface area contributed by atoms with Gasteiger partial charge in [-0.3, -0.25) is 14.6 Å². The zero-order valence-corrected chi connectivity index (χ0v) is 19.7. The number of aromatic nitrogens is 2. The van der Waals surface area contributed by atoms with E-state index in [0.717, 1.165) is 5.69 Å². The number of amides is 2. The molecule has 1 aromatic carbocycles. The van der Waals surface area contributed by atoms with E-state index < -0.39 is 5.41 Å². The summed E-state index contributed by atoms with van der Waals surface area (Å²) in [5, 5.41) is 3.23. The number of ether oxygens (including phenoxy) is 1. The van der Waals surface area contributed by atoms with Gasteiger partial charge in [-0.2, -0.15) is 0 Å². The number of rotatable bonds is 6. The maximum absolute atomic E-state index is 13.7. The second kappa shape index (κ2) is 9.91. The number of likely N-dealkylation sites (N-methyl/N-ethyl adjacent to an activating group) is 1. The fourth-order valence-electron chi connectivity index (χ4n) is 4.48. The van der Waals surface area contributed by atoms with Crippen molar-refractivity contribution in [1.29, 1.82) is 0 Å². The Balaban J connectivity index is 1.65. The second-order valence-electron chi connectivity index (χ2n) is 8.58. The number of piperidine rings is 1. The van der Waals surface area contributed by atoms with Gasteiger partial charge < -0.3 is 19.9 Å². The van der Waals surface area contributed by atoms with Gasteiger partial charge in [0.1, 0.15) is 17.0 Å². The summed E-state index contributed by atoms with van der Waals surface area (Å²) in [4.78, 5) is 39.4. The third-order valence-electron chi connectivity index (χ3n) is 6.12. The standard InChI is InChI=1S/C26H29N5O3/c1-30(2)25(33)26(22-12-4-5-14-27-22)13-8-16-31(18-26)24(32)21-11-7-15-28-23(21)29-19-9-6-10-20(17-19)34-3/h4-7,9-12,14-15,17H,8,13,16,18H2,1-3H3,(H,28,29)/t26-/m1/s1. The summed E-state index contributed by atoms with van der Waals surface area (Å²) < 4.78 is 5.29. The predicted octanol–water partition coefficient (Wildman–Crippen LogP) is 3.49. The topological polar surface area (TPSA) is 87.7 Å². The Hall–Kier alpha value is -3.94. The largest absolute Gasteiger partial charge is 0.497 e. The van der Waals surface area contributed by atoms with Crippen LogP contribution in [0.2, 0.25) is 0 Å². The molecule has 0 spiro atoms. The highest BCUT2D eigenvalue weighted by Gasteiger charge is 2.47. The molecule has 4 rings (SSSR count). The van der Waals surface area contributed by atoms with Gasteiger partial charge >= 0.3 is 0 Å². The van der Waals surface area contributed by atoms with Crippen LogP contribution in [0.15, 0.2) is 67.0 Å². The fraction of sp³-hybridized carbons (Fsp3) is 0.308. The SMILES string of the molecule is COc1cccc(Nc2ncccc2C(=O)N2CCC[C@](C(=O)N(C)C)(c3ccccn3)C2)c1. The lowest BCUT2D eigenvalue weighted by Crippen LogP contribution is -2.56. The number of hydrogen-bond acceptors (Lipinski definition) is 6. The van der Waals surface area contributed by atoms with E-state index in [2.05, 4.69) is 15.3 Å². The van der Waals surface area contributed by atoms with Crippen LogP contribution in [0, 0.1) is 0 Å². The molecule has 1 atom stereocenters. The monoisotopic (exact) mass is 459 g/mol. The van der Waals surface area contributed by atoms with Crippen molar-refractivity contribution in [2.45, 2.75) is 18.3 Å². The number of hydrogen-bond donors (Lipinski definition) is 1. The van der Waals surface area contributed by atoms with Gasteiger partial charge in [0.05, 0.1) is 18.4 Å². The van der Waals surface area contributed by atoms with Gasteiger partial charge in [0.15, 0.2) is 0 Å². The lowest BCUT2D eigenvalue weighted by atomic mass is 9.75. The Bertz CT molecular complexity index is 1170. The second-order valence-corrected chi connectivity index (χ2v) is 8.58. The van der Waals surface area contributed by atoms with Gasteiger partial charge in [0, 0.05) is 51.3 Å². The van der Waals surface area contributed by atoms with Crippen LogP contribution in [0.4, 0.5) is 11.5 Å². The molecule has 0 bridgehead atoms. The minimum atomic E-state index is -0.888. The molecule has 3 heterocycles. The Morgan fingerprint density at radius 3 is 2.62 bits per heavy atom. The van der Waals surface area contributed by atoms with Crippen molar-refractivity contribution in [1.82, 2.24) is 19.8 Å². The first-order valence-corrected chi connectivity index (χ1v) is 11.2. The molecule has 2 aromatic heterocycles. The molecule has 8 nitrogen and oxygen atoms in total. The number of pyridine rings is 2. The van der Waals surface area contributed by atoms with Crippen LogP contribution in [0.5, 0.6) is 5.75 Å². The average molecular weight is 460 g/mol. The summed E-state index contributed by atoms with van der Waals surface area (Å²) in [6.45, 7) is 0.814. The van der Waals surface area contributed by atoms with Crippen molar-refractivity contribution < 1.29 is 14.3 Å². The average Bonchev–Trinajstić information content (AvgIpc) is 2.88. The van der Waals surface area contributed by atoms with E-state index in [-0.39, 0.29) is 18.4 Å². The van der Waals surface area contributed by atoms with E-state index in [0.29, 0.717) is 42.2 Å². The van der Waals surface area contributed by atoms with Crippen LogP contribution < -0.4 is 10.1 Å². The Labute approximate surface area is 199 Å². The minimum absolute atomic E-state index is 0.0513. The lowest BCUT2D eigenvalue weighted by Gasteiger charge is -2.42. The van der Waals surface area contributed by atoms with E-state index in [1.54, 1.807) is 55.5 Å². The van der Waals surface area contributed by atoms with Crippen molar-refractivity contribution in [3.8, 4) is 5.75 Å². The van der Waals surface area contributed by atoms with Gasteiger partial charge in [0.25, 0.3) is 5.91 Å². The van der Waals surface area contributed by atoms with E-state index in [1.165, 1.54) is 0 Å². The van der Waals surface area contributed by atoms with Crippen molar-refractivity contribution in [2.24, 2.45) is 0 Å². The molecular weight excluding hydrogens is 430 g/mol. The maximum Gasteiger partial charge on any atom is 0.257 e. The van der Waals surface area contributed by atoms with Gasteiger partial charge in [-0.1, -0.05) is 12.1 Å². The van der Waals surface area contributed by atoms with Crippen LogP contribution in [0.25, 0.3) is 0 Å². The number of benzene rings is 1. The summed E-state index contributed by atoms with van der Waals surface area (Å²) in [6.07, 6.45) is 4.66.